The summed E-state index contributed by atoms with van der Waals surface area (Å²) in [7, 11) is -3.24. The van der Waals surface area contributed by atoms with Gasteiger partial charge in [-0.1, -0.05) is 29.8 Å². The number of hydrogen-bond donors (Lipinski definition) is 0. The van der Waals surface area contributed by atoms with Gasteiger partial charge >= 0.3 is 0 Å². The molecule has 4 rings (SSSR count). The highest BCUT2D eigenvalue weighted by atomic mass is 32.2. The first-order chi connectivity index (χ1) is 12.5. The van der Waals surface area contributed by atoms with E-state index in [1.807, 2.05) is 19.1 Å². The minimum atomic E-state index is -3.24. The second kappa shape index (κ2) is 7.05. The molecule has 138 valence electrons. The van der Waals surface area contributed by atoms with E-state index in [9.17, 15) is 8.42 Å². The summed E-state index contributed by atoms with van der Waals surface area (Å²) < 4.78 is 31.3. The summed E-state index contributed by atoms with van der Waals surface area (Å²) in [5, 5.41) is -0.293. The Balaban J connectivity index is 1.37. The van der Waals surface area contributed by atoms with Crippen molar-refractivity contribution >= 4 is 9.84 Å². The largest absolute Gasteiger partial charge is 0.493 e. The number of sulfone groups is 1. The highest BCUT2D eigenvalue weighted by Gasteiger charge is 2.33. The quantitative estimate of drug-likeness (QED) is 0.811. The average Bonchev–Trinajstić information content (AvgIpc) is 3.29. The zero-order valence-electron chi connectivity index (χ0n) is 15.1. The van der Waals surface area contributed by atoms with E-state index in [0.29, 0.717) is 17.9 Å². The molecule has 4 nitrogen and oxygen atoms in total. The maximum atomic E-state index is 12.9. The zero-order valence-corrected chi connectivity index (χ0v) is 16.0. The minimum Gasteiger partial charge on any atom is -0.493 e. The first-order valence-electron chi connectivity index (χ1n) is 9.30. The van der Waals surface area contributed by atoms with Crippen LogP contribution in [-0.4, -0.2) is 44.8 Å². The van der Waals surface area contributed by atoms with Crippen molar-refractivity contribution in [2.45, 2.75) is 36.3 Å². The average molecular weight is 372 g/mol. The van der Waals surface area contributed by atoms with E-state index in [1.54, 1.807) is 12.1 Å². The van der Waals surface area contributed by atoms with Gasteiger partial charge in [0.05, 0.1) is 16.8 Å². The highest BCUT2D eigenvalue weighted by molar-refractivity contribution is 7.92. The number of nitrogens with zero attached hydrogens (tertiary/aromatic N) is 1. The summed E-state index contributed by atoms with van der Waals surface area (Å²) in [5.41, 5.74) is 3.68. The Kier molecular flexibility index (Phi) is 4.76. The number of benzene rings is 2. The van der Waals surface area contributed by atoms with Gasteiger partial charge in [0.25, 0.3) is 0 Å². The Morgan fingerprint density at radius 3 is 2.77 bits per heavy atom. The molecule has 0 amide bonds. The molecule has 2 heterocycles. The fourth-order valence-electron chi connectivity index (χ4n) is 3.86. The van der Waals surface area contributed by atoms with Crippen LogP contribution in [0.25, 0.3) is 0 Å². The number of likely N-dealkylation sites (tertiary alicyclic amines) is 1. The van der Waals surface area contributed by atoms with E-state index in [-0.39, 0.29) is 5.25 Å². The zero-order chi connectivity index (χ0) is 18.1. The third-order valence-corrected chi connectivity index (χ3v) is 7.68. The molecule has 1 saturated heterocycles. The van der Waals surface area contributed by atoms with Crippen LogP contribution >= 0.6 is 0 Å². The topological polar surface area (TPSA) is 46.6 Å². The lowest BCUT2D eigenvalue weighted by Crippen LogP contribution is -2.28. The standard InChI is InChI=1S/C21H25NO3S/c1-16-2-5-19(6-3-16)26(23,24)20-9-12-22(15-20)11-8-17-4-7-21-18(14-17)10-13-25-21/h2-7,14,20H,8-13,15H2,1H3. The van der Waals surface area contributed by atoms with Gasteiger partial charge in [-0.2, -0.15) is 0 Å². The molecule has 2 aromatic rings. The SMILES string of the molecule is Cc1ccc(S(=O)(=O)C2CCN(CCc3ccc4c(c3)CCO4)C2)cc1. The first kappa shape index (κ1) is 17.6. The third kappa shape index (κ3) is 3.51. The molecule has 2 aliphatic heterocycles. The van der Waals surface area contributed by atoms with Crippen LogP contribution in [0.3, 0.4) is 0 Å². The van der Waals surface area contributed by atoms with Crippen LogP contribution in [0.2, 0.25) is 0 Å². The van der Waals surface area contributed by atoms with Crippen molar-refractivity contribution in [2.75, 3.05) is 26.2 Å². The Hall–Kier alpha value is -1.85. The molecule has 0 spiro atoms. The second-order valence-corrected chi connectivity index (χ2v) is 9.59. The summed E-state index contributed by atoms with van der Waals surface area (Å²) in [6.07, 6.45) is 2.66. The van der Waals surface area contributed by atoms with Crippen LogP contribution in [0.1, 0.15) is 23.1 Å². The summed E-state index contributed by atoms with van der Waals surface area (Å²) in [6.45, 7) is 5.13. The normalized spacial score (nSPS) is 20.1. The molecule has 2 aromatic carbocycles. The van der Waals surface area contributed by atoms with Crippen LogP contribution in [0, 0.1) is 6.92 Å². The Morgan fingerprint density at radius 1 is 1.15 bits per heavy atom. The molecule has 0 bridgehead atoms. The van der Waals surface area contributed by atoms with Gasteiger partial charge in [0.2, 0.25) is 0 Å². The summed E-state index contributed by atoms with van der Waals surface area (Å²) in [5.74, 6) is 1.01. The van der Waals surface area contributed by atoms with Crippen LogP contribution in [0.5, 0.6) is 5.75 Å². The summed E-state index contributed by atoms with van der Waals surface area (Å²) in [4.78, 5) is 2.73. The Labute approximate surface area is 155 Å². The monoisotopic (exact) mass is 371 g/mol. The molecule has 1 atom stereocenters. The molecule has 0 aliphatic carbocycles. The smallest absolute Gasteiger partial charge is 0.182 e. The molecular weight excluding hydrogens is 346 g/mol. The number of rotatable bonds is 5. The van der Waals surface area contributed by atoms with Crippen molar-refractivity contribution in [2.24, 2.45) is 0 Å². The van der Waals surface area contributed by atoms with Gasteiger partial charge in [0, 0.05) is 19.5 Å². The van der Waals surface area contributed by atoms with Crippen molar-refractivity contribution in [1.82, 2.24) is 4.90 Å². The number of ether oxygens (including phenoxy) is 1. The Bertz CT molecular complexity index is 890. The molecule has 0 radical (unpaired) electrons. The van der Waals surface area contributed by atoms with Crippen molar-refractivity contribution in [1.29, 1.82) is 0 Å². The maximum absolute atomic E-state index is 12.9. The predicted molar refractivity (Wildman–Crippen MR) is 103 cm³/mol. The lowest BCUT2D eigenvalue weighted by molar-refractivity contribution is 0.343. The van der Waals surface area contributed by atoms with Crippen molar-refractivity contribution in [3.05, 3.63) is 59.2 Å². The van der Waals surface area contributed by atoms with Crippen LogP contribution in [0.4, 0.5) is 0 Å². The number of fused-ring (bicyclic) bond motifs is 1. The van der Waals surface area contributed by atoms with Gasteiger partial charge in [-0.25, -0.2) is 8.42 Å². The van der Waals surface area contributed by atoms with Gasteiger partial charge in [-0.15, -0.1) is 0 Å². The lowest BCUT2D eigenvalue weighted by Gasteiger charge is -2.16. The summed E-state index contributed by atoms with van der Waals surface area (Å²) >= 11 is 0. The van der Waals surface area contributed by atoms with E-state index in [4.69, 9.17) is 4.74 Å². The first-order valence-corrected chi connectivity index (χ1v) is 10.8. The molecule has 1 fully saturated rings. The molecule has 26 heavy (non-hydrogen) atoms. The molecule has 1 unspecified atom stereocenters. The molecule has 0 saturated carbocycles. The predicted octanol–water partition coefficient (Wildman–Crippen LogP) is 3.02. The van der Waals surface area contributed by atoms with E-state index in [0.717, 1.165) is 43.9 Å². The van der Waals surface area contributed by atoms with Crippen LogP contribution in [0.15, 0.2) is 47.4 Å². The van der Waals surface area contributed by atoms with E-state index >= 15 is 0 Å². The molecule has 0 N–H and O–H groups in total. The van der Waals surface area contributed by atoms with E-state index in [2.05, 4.69) is 23.1 Å². The maximum Gasteiger partial charge on any atom is 0.182 e. The van der Waals surface area contributed by atoms with Gasteiger partial charge in [0.15, 0.2) is 9.84 Å². The van der Waals surface area contributed by atoms with Gasteiger partial charge in [-0.05, 0) is 55.6 Å². The van der Waals surface area contributed by atoms with Crippen LogP contribution < -0.4 is 4.74 Å². The van der Waals surface area contributed by atoms with Gasteiger partial charge in [-0.3, -0.25) is 0 Å². The van der Waals surface area contributed by atoms with Gasteiger partial charge in [0.1, 0.15) is 5.75 Å². The molecule has 2 aliphatic rings. The fourth-order valence-corrected chi connectivity index (χ4v) is 5.58. The third-order valence-electron chi connectivity index (χ3n) is 5.49. The van der Waals surface area contributed by atoms with Crippen molar-refractivity contribution in [3.8, 4) is 5.75 Å². The van der Waals surface area contributed by atoms with Gasteiger partial charge < -0.3 is 9.64 Å². The molecule has 0 aromatic heterocycles. The summed E-state index contributed by atoms with van der Waals surface area (Å²) in [6, 6.07) is 13.6. The minimum absolute atomic E-state index is 0.293. The van der Waals surface area contributed by atoms with E-state index in [1.165, 1.54) is 11.1 Å². The molecule has 5 heteroatoms. The fraction of sp³-hybridized carbons (Fsp3) is 0.429. The Morgan fingerprint density at radius 2 is 1.96 bits per heavy atom. The van der Waals surface area contributed by atoms with Crippen molar-refractivity contribution < 1.29 is 13.2 Å². The number of aryl methyl sites for hydroxylation is 1. The number of hydrogen-bond acceptors (Lipinski definition) is 4. The highest BCUT2D eigenvalue weighted by Crippen LogP contribution is 2.27. The van der Waals surface area contributed by atoms with Crippen LogP contribution in [-0.2, 0) is 22.7 Å². The lowest BCUT2D eigenvalue weighted by atomic mass is 10.1. The second-order valence-electron chi connectivity index (χ2n) is 7.36. The molecular formula is C21H25NO3S. The van der Waals surface area contributed by atoms with Crippen molar-refractivity contribution in [3.63, 3.8) is 0 Å². The van der Waals surface area contributed by atoms with E-state index < -0.39 is 9.84 Å².